The Hall–Kier alpha value is -0.190. The van der Waals surface area contributed by atoms with Crippen LogP contribution in [-0.2, 0) is 25.1 Å². The Labute approximate surface area is 61.8 Å². The predicted octanol–water partition coefficient (Wildman–Crippen LogP) is -0.0107. The molecule has 0 aromatic heterocycles. The van der Waals surface area contributed by atoms with Gasteiger partial charge in [-0.2, -0.15) is 25.8 Å². The molecule has 0 bridgehead atoms. The minimum absolute atomic E-state index is 2.68. The molecule has 0 saturated carbocycles. The van der Waals surface area contributed by atoms with Crippen molar-refractivity contribution in [1.82, 2.24) is 0 Å². The number of hydrogen-bond acceptors (Lipinski definition) is 4. The van der Waals surface area contributed by atoms with Gasteiger partial charge in [0.15, 0.2) is 0 Å². The minimum atomic E-state index is -5.95. The lowest BCUT2D eigenvalue weighted by molar-refractivity contribution is -0.0498. The number of halogens is 3. The normalized spacial score (nSPS) is 16.4. The summed E-state index contributed by atoms with van der Waals surface area (Å²) in [6.45, 7) is 0. The second kappa shape index (κ2) is 3.05. The summed E-state index contributed by atoms with van der Waals surface area (Å²) in [6.07, 6.45) is 0. The quantitative estimate of drug-likeness (QED) is 0.516. The zero-order valence-corrected chi connectivity index (χ0v) is 6.16. The first-order valence-corrected chi connectivity index (χ1v) is 4.23. The maximum absolute atomic E-state index is 11.2. The molecule has 68 valence electrons. The smallest absolute Gasteiger partial charge is 0.283 e. The molecule has 0 fully saturated rings. The Balaban J connectivity index is 4.64. The van der Waals surface area contributed by atoms with E-state index < -0.39 is 27.0 Å². The molecule has 0 aliphatic rings. The van der Waals surface area contributed by atoms with E-state index in [4.69, 9.17) is 4.55 Å². The van der Waals surface area contributed by atoms with Gasteiger partial charge >= 0.3 is 27.0 Å². The Kier molecular flexibility index (Phi) is 2.99. The molecule has 11 heavy (non-hydrogen) atoms. The van der Waals surface area contributed by atoms with Crippen molar-refractivity contribution in [3.05, 3.63) is 0 Å². The molecular formula is CHF3O5S2. The third kappa shape index (κ3) is 3.14. The molecule has 0 spiro atoms. The van der Waals surface area contributed by atoms with Gasteiger partial charge < -0.3 is 0 Å². The molecule has 0 amide bonds. The van der Waals surface area contributed by atoms with Gasteiger partial charge in [-0.1, -0.05) is 0 Å². The molecular weight excluding hydrogens is 213 g/mol. The van der Waals surface area contributed by atoms with E-state index in [0.717, 1.165) is 0 Å². The number of hydrogen-bond donors (Lipinski definition) is 1. The highest BCUT2D eigenvalue weighted by molar-refractivity contribution is 7.95. The van der Waals surface area contributed by atoms with Crippen molar-refractivity contribution in [2.24, 2.45) is 0 Å². The maximum atomic E-state index is 11.2. The molecule has 1 atom stereocenters. The van der Waals surface area contributed by atoms with E-state index in [2.05, 4.69) is 3.63 Å². The molecule has 0 radical (unpaired) electrons. The van der Waals surface area contributed by atoms with Crippen LogP contribution in [0.1, 0.15) is 0 Å². The summed E-state index contributed by atoms with van der Waals surface area (Å²) in [5.74, 6) is 0. The maximum Gasteiger partial charge on any atom is 0.524 e. The molecule has 0 aromatic rings. The summed E-state index contributed by atoms with van der Waals surface area (Å²) in [5.41, 5.74) is -5.68. The van der Waals surface area contributed by atoms with Crippen LogP contribution < -0.4 is 0 Å². The van der Waals surface area contributed by atoms with Crippen LogP contribution in [0.25, 0.3) is 0 Å². The van der Waals surface area contributed by atoms with Crippen molar-refractivity contribution < 1.29 is 34.0 Å². The zero-order chi connectivity index (χ0) is 9.28. The molecule has 10 heteroatoms. The number of alkyl halides is 3. The van der Waals surface area contributed by atoms with Gasteiger partial charge in [0.25, 0.3) is 0 Å². The fraction of sp³-hybridized carbons (Fsp3) is 1.00. The van der Waals surface area contributed by atoms with Gasteiger partial charge in [-0.3, -0.25) is 4.55 Å². The van der Waals surface area contributed by atoms with Crippen LogP contribution in [0.5, 0.6) is 0 Å². The Morgan fingerprint density at radius 3 is 1.82 bits per heavy atom. The molecule has 5 nitrogen and oxygen atoms in total. The summed E-state index contributed by atoms with van der Waals surface area (Å²) in [5, 5.41) is 0. The third-order valence-corrected chi connectivity index (χ3v) is 2.18. The lowest BCUT2D eigenvalue weighted by Crippen LogP contribution is -2.26. The van der Waals surface area contributed by atoms with Crippen LogP contribution in [0.2, 0.25) is 0 Å². The average molecular weight is 214 g/mol. The molecule has 1 N–H and O–H groups in total. The minimum Gasteiger partial charge on any atom is -0.283 e. The molecule has 0 saturated heterocycles. The van der Waals surface area contributed by atoms with E-state index in [9.17, 15) is 25.8 Å². The summed E-state index contributed by atoms with van der Waals surface area (Å²) < 4.78 is 73.0. The third-order valence-electron chi connectivity index (χ3n) is 0.431. The van der Waals surface area contributed by atoms with Gasteiger partial charge in [-0.15, -0.1) is 3.63 Å². The van der Waals surface area contributed by atoms with Crippen molar-refractivity contribution in [2.75, 3.05) is 0 Å². The summed E-state index contributed by atoms with van der Waals surface area (Å²) in [7, 11) is -5.95. The molecule has 0 aliphatic heterocycles. The van der Waals surface area contributed by atoms with Crippen LogP contribution in [0, 0.1) is 0 Å². The van der Waals surface area contributed by atoms with Crippen LogP contribution in [0.4, 0.5) is 13.2 Å². The lowest BCUT2D eigenvalue weighted by atomic mass is 11.6. The van der Waals surface area contributed by atoms with E-state index in [1.54, 1.807) is 0 Å². The van der Waals surface area contributed by atoms with Gasteiger partial charge in [-0.05, 0) is 0 Å². The first-order chi connectivity index (χ1) is 4.67. The number of rotatable bonds is 2. The summed E-state index contributed by atoms with van der Waals surface area (Å²) in [4.78, 5) is 0. The average Bonchev–Trinajstić information content (AvgIpc) is 1.56. The van der Waals surface area contributed by atoms with Crippen molar-refractivity contribution >= 4 is 21.5 Å². The lowest BCUT2D eigenvalue weighted by Gasteiger charge is -2.03. The van der Waals surface area contributed by atoms with Crippen molar-refractivity contribution in [2.45, 2.75) is 5.51 Å². The van der Waals surface area contributed by atoms with E-state index in [0.29, 0.717) is 0 Å². The fourth-order valence-corrected chi connectivity index (χ4v) is 1.04. The van der Waals surface area contributed by atoms with Gasteiger partial charge in [0.2, 0.25) is 0 Å². The fourth-order valence-electron chi connectivity index (χ4n) is 0.115. The zero-order valence-electron chi connectivity index (χ0n) is 4.53. The summed E-state index contributed by atoms with van der Waals surface area (Å²) >= 11 is -3.49. The molecule has 1 unspecified atom stereocenters. The Morgan fingerprint density at radius 2 is 1.73 bits per heavy atom. The molecule has 0 heterocycles. The van der Waals surface area contributed by atoms with Crippen LogP contribution in [-0.4, -0.2) is 22.7 Å². The topological polar surface area (TPSA) is 80.7 Å². The van der Waals surface area contributed by atoms with Gasteiger partial charge in [0.1, 0.15) is 0 Å². The van der Waals surface area contributed by atoms with Gasteiger partial charge in [0.05, 0.1) is 0 Å². The molecule has 0 aromatic carbocycles. The SMILES string of the molecule is O=S(O)OS(=O)(=O)C(F)(F)F. The van der Waals surface area contributed by atoms with E-state index in [1.165, 1.54) is 0 Å². The first-order valence-electron chi connectivity index (χ1n) is 1.79. The predicted molar refractivity (Wildman–Crippen MR) is 26.8 cm³/mol. The second-order valence-electron chi connectivity index (χ2n) is 1.19. The molecule has 0 aliphatic carbocycles. The monoisotopic (exact) mass is 214 g/mol. The standard InChI is InChI=1S/CHF3O5S2/c2-1(3,4)11(7,8)9-10(5)6/h(H,5,6). The largest absolute Gasteiger partial charge is 0.524 e. The van der Waals surface area contributed by atoms with E-state index in [-0.39, 0.29) is 0 Å². The summed E-state index contributed by atoms with van der Waals surface area (Å²) in [6, 6.07) is 0. The molecule has 0 rings (SSSR count). The van der Waals surface area contributed by atoms with E-state index >= 15 is 0 Å². The van der Waals surface area contributed by atoms with E-state index in [1.807, 2.05) is 0 Å². The van der Waals surface area contributed by atoms with Crippen LogP contribution in [0.15, 0.2) is 0 Å². The highest BCUT2D eigenvalue weighted by Gasteiger charge is 2.48. The van der Waals surface area contributed by atoms with Crippen LogP contribution in [0.3, 0.4) is 0 Å². The van der Waals surface area contributed by atoms with Gasteiger partial charge in [0, 0.05) is 0 Å². The highest BCUT2D eigenvalue weighted by Crippen LogP contribution is 2.24. The van der Waals surface area contributed by atoms with Crippen molar-refractivity contribution in [3.8, 4) is 0 Å². The van der Waals surface area contributed by atoms with Crippen molar-refractivity contribution in [1.29, 1.82) is 0 Å². The second-order valence-corrected chi connectivity index (χ2v) is 3.53. The van der Waals surface area contributed by atoms with Gasteiger partial charge in [-0.25, -0.2) is 0 Å². The van der Waals surface area contributed by atoms with Crippen LogP contribution >= 0.6 is 0 Å². The highest BCUT2D eigenvalue weighted by atomic mass is 32.3. The Bertz CT molecular complexity index is 249. The Morgan fingerprint density at radius 1 is 1.36 bits per heavy atom. The first kappa shape index (κ1) is 10.8. The van der Waals surface area contributed by atoms with Crippen molar-refractivity contribution in [3.63, 3.8) is 0 Å².